The zero-order valence-corrected chi connectivity index (χ0v) is 11.6. The predicted octanol–water partition coefficient (Wildman–Crippen LogP) is 4.63. The first-order valence-corrected chi connectivity index (χ1v) is 5.99. The van der Waals surface area contributed by atoms with Gasteiger partial charge in [0.2, 0.25) is 0 Å². The molecule has 0 amide bonds. The molecule has 1 heteroatoms. The van der Waals surface area contributed by atoms with Crippen molar-refractivity contribution in [2.24, 2.45) is 0 Å². The molecule has 1 aromatic carbocycles. The average Bonchev–Trinajstić information content (AvgIpc) is 2.27. The Hall–Kier alpha value is -1.29. The van der Waals surface area contributed by atoms with Crippen LogP contribution >= 0.6 is 0 Å². The molecule has 0 aromatic heterocycles. The zero-order valence-electron chi connectivity index (χ0n) is 11.6. The summed E-state index contributed by atoms with van der Waals surface area (Å²) in [6.45, 7) is 14.5. The molecule has 0 N–H and O–H groups in total. The lowest BCUT2D eigenvalue weighted by Crippen LogP contribution is -2.00. The number of nitriles is 1. The Balaban J connectivity index is 0.00000106. The summed E-state index contributed by atoms with van der Waals surface area (Å²) in [5, 5.41) is 9.08. The first-order valence-electron chi connectivity index (χ1n) is 5.99. The number of rotatable bonds is 1. The van der Waals surface area contributed by atoms with E-state index in [1.165, 1.54) is 11.1 Å². The highest BCUT2D eigenvalue weighted by molar-refractivity contribution is 5.51. The van der Waals surface area contributed by atoms with E-state index in [4.69, 9.17) is 5.26 Å². The van der Waals surface area contributed by atoms with Crippen molar-refractivity contribution in [3.63, 3.8) is 0 Å². The molecular formula is C15H23N. The van der Waals surface area contributed by atoms with Crippen molar-refractivity contribution in [2.45, 2.75) is 54.4 Å². The molecule has 0 saturated heterocycles. The zero-order chi connectivity index (χ0) is 12.9. The summed E-state index contributed by atoms with van der Waals surface area (Å²) < 4.78 is 0. The molecule has 1 nitrogen and oxygen atoms in total. The third kappa shape index (κ3) is 2.85. The summed E-state index contributed by atoms with van der Waals surface area (Å²) in [5.74, 6) is 0.487. The molecule has 0 unspecified atom stereocenters. The fourth-order valence-electron chi connectivity index (χ4n) is 1.84. The van der Waals surface area contributed by atoms with Gasteiger partial charge >= 0.3 is 0 Å². The van der Waals surface area contributed by atoms with Gasteiger partial charge in [0.15, 0.2) is 0 Å². The highest BCUT2D eigenvalue weighted by Crippen LogP contribution is 2.26. The largest absolute Gasteiger partial charge is 0.192 e. The second-order valence-electron chi connectivity index (χ2n) is 4.17. The maximum Gasteiger partial charge on any atom is 0.0997 e. The molecule has 0 heterocycles. The Morgan fingerprint density at radius 2 is 1.56 bits per heavy atom. The molecule has 0 aliphatic carbocycles. The summed E-state index contributed by atoms with van der Waals surface area (Å²) in [4.78, 5) is 0. The highest BCUT2D eigenvalue weighted by atomic mass is 14.3. The van der Waals surface area contributed by atoms with E-state index in [9.17, 15) is 0 Å². The van der Waals surface area contributed by atoms with Gasteiger partial charge in [-0.15, -0.1) is 0 Å². The van der Waals surface area contributed by atoms with Gasteiger partial charge in [-0.3, -0.25) is 0 Å². The van der Waals surface area contributed by atoms with Gasteiger partial charge in [-0.05, 0) is 48.9 Å². The van der Waals surface area contributed by atoms with Crippen molar-refractivity contribution >= 4 is 0 Å². The van der Waals surface area contributed by atoms with Crippen LogP contribution in [0.1, 0.15) is 61.4 Å². The van der Waals surface area contributed by atoms with Crippen molar-refractivity contribution in [1.29, 1.82) is 5.26 Å². The van der Waals surface area contributed by atoms with Crippen LogP contribution in [0, 0.1) is 32.1 Å². The number of hydrogen-bond donors (Lipinski definition) is 0. The summed E-state index contributed by atoms with van der Waals surface area (Å²) >= 11 is 0. The Labute approximate surface area is 100 Å². The highest BCUT2D eigenvalue weighted by Gasteiger charge is 2.11. The molecule has 1 aromatic rings. The number of benzene rings is 1. The number of hydrogen-bond acceptors (Lipinski definition) is 1. The molecule has 0 aliphatic rings. The molecule has 16 heavy (non-hydrogen) atoms. The molecule has 0 bridgehead atoms. The minimum atomic E-state index is 0.487. The molecule has 0 radical (unpaired) electrons. The topological polar surface area (TPSA) is 23.8 Å². The Bertz CT molecular complexity index is 395. The quantitative estimate of drug-likeness (QED) is 0.672. The van der Waals surface area contributed by atoms with Crippen LogP contribution in [0.5, 0.6) is 0 Å². The minimum Gasteiger partial charge on any atom is -0.192 e. The third-order valence-electron chi connectivity index (χ3n) is 2.88. The molecular weight excluding hydrogens is 194 g/mol. The summed E-state index contributed by atoms with van der Waals surface area (Å²) in [5.41, 5.74) is 5.63. The van der Waals surface area contributed by atoms with Gasteiger partial charge in [-0.25, -0.2) is 0 Å². The van der Waals surface area contributed by atoms with E-state index in [-0.39, 0.29) is 0 Å². The van der Waals surface area contributed by atoms with E-state index < -0.39 is 0 Å². The van der Waals surface area contributed by atoms with Gasteiger partial charge in [0.1, 0.15) is 0 Å². The Morgan fingerprint density at radius 1 is 1.06 bits per heavy atom. The van der Waals surface area contributed by atoms with Gasteiger partial charge in [-0.1, -0.05) is 33.8 Å². The van der Waals surface area contributed by atoms with Gasteiger partial charge in [0, 0.05) is 0 Å². The molecule has 0 spiro atoms. The van der Waals surface area contributed by atoms with Crippen LogP contribution in [0.15, 0.2) is 6.07 Å². The van der Waals surface area contributed by atoms with Crippen LogP contribution < -0.4 is 0 Å². The van der Waals surface area contributed by atoms with Crippen molar-refractivity contribution in [3.05, 3.63) is 33.9 Å². The summed E-state index contributed by atoms with van der Waals surface area (Å²) in [6.07, 6.45) is 0. The smallest absolute Gasteiger partial charge is 0.0997 e. The Kier molecular flexibility index (Phi) is 5.82. The van der Waals surface area contributed by atoms with E-state index in [0.29, 0.717) is 5.92 Å². The van der Waals surface area contributed by atoms with Gasteiger partial charge in [-0.2, -0.15) is 5.26 Å². The van der Waals surface area contributed by atoms with Crippen molar-refractivity contribution in [1.82, 2.24) is 0 Å². The van der Waals surface area contributed by atoms with Crippen LogP contribution in [-0.2, 0) is 0 Å². The lowest BCUT2D eigenvalue weighted by atomic mass is 9.89. The van der Waals surface area contributed by atoms with Crippen LogP contribution in [0.25, 0.3) is 0 Å². The van der Waals surface area contributed by atoms with Crippen molar-refractivity contribution in [2.75, 3.05) is 0 Å². The van der Waals surface area contributed by atoms with E-state index >= 15 is 0 Å². The third-order valence-corrected chi connectivity index (χ3v) is 2.88. The average molecular weight is 217 g/mol. The minimum absolute atomic E-state index is 0.487. The second-order valence-corrected chi connectivity index (χ2v) is 4.17. The first-order chi connectivity index (χ1) is 7.49. The lowest BCUT2D eigenvalue weighted by molar-refractivity contribution is 0.852. The standard InChI is InChI=1S/C13H17N.C2H6/c1-8(2)12-6-9(3)10(4)13(7-14)11(12)5;1-2/h6,8H,1-5H3;1-2H3. The lowest BCUT2D eigenvalue weighted by Gasteiger charge is -2.15. The van der Waals surface area contributed by atoms with Crippen LogP contribution in [0.2, 0.25) is 0 Å². The second kappa shape index (κ2) is 6.33. The maximum atomic E-state index is 9.08. The van der Waals surface area contributed by atoms with Crippen molar-refractivity contribution in [3.8, 4) is 6.07 Å². The molecule has 0 atom stereocenters. The molecule has 88 valence electrons. The first kappa shape index (κ1) is 14.7. The van der Waals surface area contributed by atoms with Crippen LogP contribution in [-0.4, -0.2) is 0 Å². The van der Waals surface area contributed by atoms with E-state index in [2.05, 4.69) is 32.9 Å². The van der Waals surface area contributed by atoms with Gasteiger partial charge in [0.25, 0.3) is 0 Å². The van der Waals surface area contributed by atoms with Crippen LogP contribution in [0.4, 0.5) is 0 Å². The molecule has 0 fully saturated rings. The van der Waals surface area contributed by atoms with E-state index in [0.717, 1.165) is 16.7 Å². The molecule has 0 aliphatic heterocycles. The summed E-state index contributed by atoms with van der Waals surface area (Å²) in [6, 6.07) is 4.50. The number of aryl methyl sites for hydroxylation is 1. The normalized spacial score (nSPS) is 9.44. The van der Waals surface area contributed by atoms with Crippen LogP contribution in [0.3, 0.4) is 0 Å². The summed E-state index contributed by atoms with van der Waals surface area (Å²) in [7, 11) is 0. The molecule has 1 rings (SSSR count). The predicted molar refractivity (Wildman–Crippen MR) is 70.8 cm³/mol. The number of nitrogens with zero attached hydrogens (tertiary/aromatic N) is 1. The Morgan fingerprint density at radius 3 is 1.94 bits per heavy atom. The van der Waals surface area contributed by atoms with E-state index in [1.54, 1.807) is 0 Å². The monoisotopic (exact) mass is 217 g/mol. The van der Waals surface area contributed by atoms with E-state index in [1.807, 2.05) is 27.7 Å². The maximum absolute atomic E-state index is 9.08. The fourth-order valence-corrected chi connectivity index (χ4v) is 1.84. The SMILES string of the molecule is CC.Cc1cc(C(C)C)c(C)c(C#N)c1C. The van der Waals surface area contributed by atoms with Gasteiger partial charge in [0.05, 0.1) is 11.6 Å². The van der Waals surface area contributed by atoms with Crippen molar-refractivity contribution < 1.29 is 0 Å². The van der Waals surface area contributed by atoms with Gasteiger partial charge < -0.3 is 0 Å². The fraction of sp³-hybridized carbons (Fsp3) is 0.533. The molecule has 0 saturated carbocycles.